The van der Waals surface area contributed by atoms with Crippen molar-refractivity contribution in [1.82, 2.24) is 5.32 Å². The molecule has 98 valence electrons. The summed E-state index contributed by atoms with van der Waals surface area (Å²) in [4.78, 5) is 22.3. The van der Waals surface area contributed by atoms with E-state index in [9.17, 15) is 14.0 Å². The molecule has 1 aromatic carbocycles. The molecule has 0 aliphatic carbocycles. The van der Waals surface area contributed by atoms with E-state index in [-0.39, 0.29) is 5.56 Å². The molecule has 1 aromatic rings. The minimum atomic E-state index is -1.53. The number of carbonyl (C=O) groups excluding carboxylic acids is 1. The van der Waals surface area contributed by atoms with E-state index in [1.165, 1.54) is 12.1 Å². The van der Waals surface area contributed by atoms with Gasteiger partial charge in [0, 0.05) is 5.56 Å². The van der Waals surface area contributed by atoms with Gasteiger partial charge in [0.1, 0.15) is 12.4 Å². The van der Waals surface area contributed by atoms with Crippen molar-refractivity contribution in [2.45, 2.75) is 13.0 Å². The lowest BCUT2D eigenvalue weighted by Crippen LogP contribution is -2.42. The summed E-state index contributed by atoms with van der Waals surface area (Å²) in [6, 6.07) is 4.70. The highest BCUT2D eigenvalue weighted by molar-refractivity contribution is 5.96. The lowest BCUT2D eigenvalue weighted by Gasteiger charge is -2.11. The van der Waals surface area contributed by atoms with Gasteiger partial charge in [-0.25, -0.2) is 9.18 Å². The van der Waals surface area contributed by atoms with Crippen LogP contribution in [0.15, 0.2) is 24.3 Å². The number of hydrogen-bond donors (Lipinski definition) is 2. The van der Waals surface area contributed by atoms with Crippen molar-refractivity contribution in [3.63, 3.8) is 0 Å². The molecule has 1 unspecified atom stereocenters. The standard InChI is InChI=1S/C12H14FNO4/c1-2-18-9-5-3-4-8(6-9)11(15)14-10(7-13)12(16)17/h3-6,10H,2,7H2,1H3,(H,14,15)(H,16,17). The quantitative estimate of drug-likeness (QED) is 0.801. The average Bonchev–Trinajstić information content (AvgIpc) is 2.36. The molecule has 0 saturated carbocycles. The first-order valence-corrected chi connectivity index (χ1v) is 5.41. The van der Waals surface area contributed by atoms with E-state index in [0.29, 0.717) is 12.4 Å². The second-order valence-corrected chi connectivity index (χ2v) is 3.48. The molecule has 0 saturated heterocycles. The number of benzene rings is 1. The number of ether oxygens (including phenoxy) is 1. The molecule has 0 spiro atoms. The predicted molar refractivity (Wildman–Crippen MR) is 62.5 cm³/mol. The molecule has 5 nitrogen and oxygen atoms in total. The second-order valence-electron chi connectivity index (χ2n) is 3.48. The zero-order valence-electron chi connectivity index (χ0n) is 9.85. The number of carboxylic acid groups (broad SMARTS) is 1. The fourth-order valence-corrected chi connectivity index (χ4v) is 1.30. The number of aliphatic carboxylic acids is 1. The summed E-state index contributed by atoms with van der Waals surface area (Å²) in [7, 11) is 0. The van der Waals surface area contributed by atoms with Gasteiger partial charge in [0.05, 0.1) is 6.61 Å². The SMILES string of the molecule is CCOc1cccc(C(=O)NC(CF)C(=O)O)c1. The zero-order valence-corrected chi connectivity index (χ0v) is 9.85. The maximum Gasteiger partial charge on any atom is 0.328 e. The van der Waals surface area contributed by atoms with Crippen molar-refractivity contribution < 1.29 is 23.8 Å². The normalized spacial score (nSPS) is 11.7. The van der Waals surface area contributed by atoms with Crippen molar-refractivity contribution in [3.05, 3.63) is 29.8 Å². The molecular weight excluding hydrogens is 241 g/mol. The van der Waals surface area contributed by atoms with Crippen LogP contribution in [0.2, 0.25) is 0 Å². The van der Waals surface area contributed by atoms with Crippen molar-refractivity contribution in [1.29, 1.82) is 0 Å². The van der Waals surface area contributed by atoms with Crippen LogP contribution in [0.4, 0.5) is 4.39 Å². The van der Waals surface area contributed by atoms with Crippen LogP contribution in [0.3, 0.4) is 0 Å². The number of amides is 1. The van der Waals surface area contributed by atoms with E-state index < -0.39 is 24.6 Å². The summed E-state index contributed by atoms with van der Waals surface area (Å²) in [6.07, 6.45) is 0. The minimum absolute atomic E-state index is 0.223. The molecule has 1 amide bonds. The fourth-order valence-electron chi connectivity index (χ4n) is 1.30. The van der Waals surface area contributed by atoms with Crippen LogP contribution in [0.25, 0.3) is 0 Å². The van der Waals surface area contributed by atoms with Crippen molar-refractivity contribution in [2.24, 2.45) is 0 Å². The van der Waals surface area contributed by atoms with Gasteiger partial charge >= 0.3 is 5.97 Å². The molecule has 2 N–H and O–H groups in total. The molecule has 6 heteroatoms. The van der Waals surface area contributed by atoms with Gasteiger partial charge in [0.25, 0.3) is 5.91 Å². The summed E-state index contributed by atoms with van der Waals surface area (Å²) in [5.41, 5.74) is 0.223. The third kappa shape index (κ3) is 3.73. The van der Waals surface area contributed by atoms with E-state index in [0.717, 1.165) is 0 Å². The van der Waals surface area contributed by atoms with Gasteiger partial charge in [-0.2, -0.15) is 0 Å². The Morgan fingerprint density at radius 3 is 2.78 bits per heavy atom. The Morgan fingerprint density at radius 2 is 2.22 bits per heavy atom. The maximum absolute atomic E-state index is 12.4. The van der Waals surface area contributed by atoms with Gasteiger partial charge in [-0.3, -0.25) is 4.79 Å². The highest BCUT2D eigenvalue weighted by atomic mass is 19.1. The van der Waals surface area contributed by atoms with E-state index >= 15 is 0 Å². The predicted octanol–water partition coefficient (Wildman–Crippen LogP) is 1.24. The van der Waals surface area contributed by atoms with Crippen molar-refractivity contribution >= 4 is 11.9 Å². The maximum atomic E-state index is 12.4. The molecule has 0 aromatic heterocycles. The highest BCUT2D eigenvalue weighted by Crippen LogP contribution is 2.13. The first-order chi connectivity index (χ1) is 8.58. The number of nitrogens with one attached hydrogen (secondary N) is 1. The Hall–Kier alpha value is -2.11. The Labute approximate surface area is 104 Å². The molecule has 1 rings (SSSR count). The van der Waals surface area contributed by atoms with Crippen LogP contribution < -0.4 is 10.1 Å². The lowest BCUT2D eigenvalue weighted by atomic mass is 10.2. The zero-order chi connectivity index (χ0) is 13.5. The monoisotopic (exact) mass is 255 g/mol. The number of alkyl halides is 1. The van der Waals surface area contributed by atoms with Gasteiger partial charge in [0.15, 0.2) is 6.04 Å². The number of rotatable bonds is 6. The van der Waals surface area contributed by atoms with Crippen molar-refractivity contribution in [3.8, 4) is 5.75 Å². The number of hydrogen-bond acceptors (Lipinski definition) is 3. The molecule has 0 fully saturated rings. The number of halogens is 1. The summed E-state index contributed by atoms with van der Waals surface area (Å²) in [6.45, 7) is 1.09. The number of carbonyl (C=O) groups is 2. The number of carboxylic acids is 1. The van der Waals surface area contributed by atoms with Gasteiger partial charge in [0.2, 0.25) is 0 Å². The molecule has 0 aliphatic heterocycles. The largest absolute Gasteiger partial charge is 0.494 e. The van der Waals surface area contributed by atoms with Gasteiger partial charge in [-0.05, 0) is 25.1 Å². The fraction of sp³-hybridized carbons (Fsp3) is 0.333. The first-order valence-electron chi connectivity index (χ1n) is 5.41. The van der Waals surface area contributed by atoms with Gasteiger partial charge < -0.3 is 15.2 Å². The molecule has 1 atom stereocenters. The van der Waals surface area contributed by atoms with Crippen LogP contribution in [-0.4, -0.2) is 36.3 Å². The average molecular weight is 255 g/mol. The first kappa shape index (κ1) is 14.0. The molecule has 18 heavy (non-hydrogen) atoms. The van der Waals surface area contributed by atoms with Crippen molar-refractivity contribution in [2.75, 3.05) is 13.3 Å². The van der Waals surface area contributed by atoms with Crippen LogP contribution >= 0.6 is 0 Å². The minimum Gasteiger partial charge on any atom is -0.494 e. The molecule has 0 bridgehead atoms. The Bertz CT molecular complexity index is 436. The van der Waals surface area contributed by atoms with Gasteiger partial charge in [-0.1, -0.05) is 6.07 Å². The second kappa shape index (κ2) is 6.58. The molecule has 0 aliphatic rings. The van der Waals surface area contributed by atoms with Crippen LogP contribution in [0.5, 0.6) is 5.75 Å². The van der Waals surface area contributed by atoms with Crippen LogP contribution in [0.1, 0.15) is 17.3 Å². The summed E-state index contributed by atoms with van der Waals surface area (Å²) >= 11 is 0. The highest BCUT2D eigenvalue weighted by Gasteiger charge is 2.20. The lowest BCUT2D eigenvalue weighted by molar-refractivity contribution is -0.139. The summed E-state index contributed by atoms with van der Waals surface area (Å²) in [5.74, 6) is -1.56. The van der Waals surface area contributed by atoms with E-state index in [4.69, 9.17) is 9.84 Å². The van der Waals surface area contributed by atoms with Crippen LogP contribution in [-0.2, 0) is 4.79 Å². The summed E-state index contributed by atoms with van der Waals surface area (Å²) in [5, 5.41) is 10.7. The third-order valence-electron chi connectivity index (χ3n) is 2.16. The van der Waals surface area contributed by atoms with Gasteiger partial charge in [-0.15, -0.1) is 0 Å². The molecule has 0 heterocycles. The Morgan fingerprint density at radius 1 is 1.50 bits per heavy atom. The van der Waals surface area contributed by atoms with Crippen LogP contribution in [0, 0.1) is 0 Å². The third-order valence-corrected chi connectivity index (χ3v) is 2.16. The smallest absolute Gasteiger partial charge is 0.328 e. The molecule has 0 radical (unpaired) electrons. The summed E-state index contributed by atoms with van der Waals surface area (Å²) < 4.78 is 17.6. The Balaban J connectivity index is 2.77. The molecular formula is C12H14FNO4. The van der Waals surface area contributed by atoms with E-state index in [2.05, 4.69) is 5.32 Å². The topological polar surface area (TPSA) is 75.6 Å². The van der Waals surface area contributed by atoms with E-state index in [1.807, 2.05) is 0 Å². The Kier molecular flexibility index (Phi) is 5.10. The van der Waals surface area contributed by atoms with E-state index in [1.54, 1.807) is 19.1 Å².